The van der Waals surface area contributed by atoms with Crippen molar-refractivity contribution < 1.29 is 9.32 Å². The van der Waals surface area contributed by atoms with Gasteiger partial charge in [0.15, 0.2) is 0 Å². The van der Waals surface area contributed by atoms with Crippen LogP contribution in [-0.4, -0.2) is 16.0 Å². The molecule has 0 saturated carbocycles. The third-order valence-corrected chi connectivity index (χ3v) is 4.79. The third kappa shape index (κ3) is 3.23. The molecule has 1 aromatic carbocycles. The van der Waals surface area contributed by atoms with Crippen molar-refractivity contribution in [3.05, 3.63) is 52.9 Å². The molecule has 1 amide bonds. The molecule has 3 aromatic rings. The first kappa shape index (κ1) is 16.4. The van der Waals surface area contributed by atoms with Crippen LogP contribution < -0.4 is 5.32 Å². The smallest absolute Gasteiger partial charge is 0.232 e. The van der Waals surface area contributed by atoms with Gasteiger partial charge in [0.25, 0.3) is 0 Å². The van der Waals surface area contributed by atoms with E-state index in [1.165, 1.54) is 0 Å². The van der Waals surface area contributed by atoms with Crippen LogP contribution in [0.15, 0.2) is 40.4 Å². The Balaban J connectivity index is 1.83. The van der Waals surface area contributed by atoms with Crippen molar-refractivity contribution in [1.29, 1.82) is 0 Å². The van der Waals surface area contributed by atoms with E-state index in [4.69, 9.17) is 4.52 Å². The highest BCUT2D eigenvalue weighted by Crippen LogP contribution is 2.29. The predicted octanol–water partition coefficient (Wildman–Crippen LogP) is 4.55. The number of hydrogen-bond acceptors (Lipinski definition) is 5. The number of nitrogens with zero attached hydrogens (tertiary/aromatic N) is 2. The van der Waals surface area contributed by atoms with Gasteiger partial charge in [-0.05, 0) is 32.4 Å². The van der Waals surface area contributed by atoms with Crippen LogP contribution in [0.4, 0.5) is 5.69 Å². The van der Waals surface area contributed by atoms with Gasteiger partial charge in [-0.25, -0.2) is 4.98 Å². The fourth-order valence-electron chi connectivity index (χ4n) is 2.83. The fraction of sp³-hybridized carbons (Fsp3) is 0.278. The molecule has 3 rings (SSSR count). The summed E-state index contributed by atoms with van der Waals surface area (Å²) in [4.78, 5) is 17.1. The van der Waals surface area contributed by atoms with Crippen molar-refractivity contribution in [3.8, 4) is 10.6 Å². The molecule has 6 heteroatoms. The highest BCUT2D eigenvalue weighted by atomic mass is 32.1. The van der Waals surface area contributed by atoms with E-state index in [1.54, 1.807) is 17.5 Å². The summed E-state index contributed by atoms with van der Waals surface area (Å²) >= 11 is 1.57. The minimum Gasteiger partial charge on any atom is -0.361 e. The molecular weight excluding hydrogens is 322 g/mol. The van der Waals surface area contributed by atoms with Crippen LogP contribution in [0.1, 0.15) is 36.3 Å². The predicted molar refractivity (Wildman–Crippen MR) is 95.2 cm³/mol. The average Bonchev–Trinajstić information content (AvgIpc) is 3.21. The summed E-state index contributed by atoms with van der Waals surface area (Å²) in [5, 5.41) is 9.84. The van der Waals surface area contributed by atoms with Gasteiger partial charge in [0.05, 0.1) is 11.6 Å². The summed E-state index contributed by atoms with van der Waals surface area (Å²) in [6, 6.07) is 7.73. The van der Waals surface area contributed by atoms with Gasteiger partial charge in [-0.2, -0.15) is 0 Å². The van der Waals surface area contributed by atoms with Crippen molar-refractivity contribution in [2.45, 2.75) is 33.1 Å². The molecule has 0 radical (unpaired) electrons. The Bertz CT molecular complexity index is 820. The van der Waals surface area contributed by atoms with E-state index < -0.39 is 0 Å². The number of anilines is 1. The Morgan fingerprint density at radius 2 is 2.21 bits per heavy atom. The number of amides is 1. The summed E-state index contributed by atoms with van der Waals surface area (Å²) in [7, 11) is 0. The van der Waals surface area contributed by atoms with Gasteiger partial charge < -0.3 is 9.84 Å². The lowest BCUT2D eigenvalue weighted by molar-refractivity contribution is -0.117. The SMILES string of the molecule is CCC(C(=O)Nc1cccc(-c2nccs2)c1)c1c(C)noc1C. The molecule has 0 spiro atoms. The molecule has 0 aliphatic rings. The van der Waals surface area contributed by atoms with Crippen LogP contribution in [0.5, 0.6) is 0 Å². The van der Waals surface area contributed by atoms with Crippen LogP contribution in [-0.2, 0) is 4.79 Å². The zero-order valence-electron chi connectivity index (χ0n) is 13.9. The second-order valence-electron chi connectivity index (χ2n) is 5.61. The van der Waals surface area contributed by atoms with Crippen LogP contribution >= 0.6 is 11.3 Å². The highest BCUT2D eigenvalue weighted by molar-refractivity contribution is 7.13. The zero-order chi connectivity index (χ0) is 17.1. The zero-order valence-corrected chi connectivity index (χ0v) is 14.7. The van der Waals surface area contributed by atoms with Gasteiger partial charge in [0.1, 0.15) is 10.8 Å². The molecule has 1 atom stereocenters. The van der Waals surface area contributed by atoms with Crippen molar-refractivity contribution in [2.75, 3.05) is 5.32 Å². The Kier molecular flexibility index (Phi) is 4.76. The maximum Gasteiger partial charge on any atom is 0.232 e. The molecule has 0 fully saturated rings. The van der Waals surface area contributed by atoms with Crippen molar-refractivity contribution >= 4 is 22.9 Å². The molecule has 1 unspecified atom stereocenters. The first-order valence-corrected chi connectivity index (χ1v) is 8.71. The van der Waals surface area contributed by atoms with Crippen molar-refractivity contribution in [2.24, 2.45) is 0 Å². The number of rotatable bonds is 5. The van der Waals surface area contributed by atoms with Crippen LogP contribution in [0.25, 0.3) is 10.6 Å². The number of nitrogens with one attached hydrogen (secondary N) is 1. The van der Waals surface area contributed by atoms with E-state index in [1.807, 2.05) is 50.4 Å². The summed E-state index contributed by atoms with van der Waals surface area (Å²) in [6.07, 6.45) is 2.46. The number of benzene rings is 1. The minimum absolute atomic E-state index is 0.0526. The Labute approximate surface area is 144 Å². The molecular formula is C18H19N3O2S. The normalized spacial score (nSPS) is 12.1. The molecule has 1 N–H and O–H groups in total. The standard InChI is InChI=1S/C18H19N3O2S/c1-4-15(16-11(2)21-23-12(16)3)17(22)20-14-7-5-6-13(10-14)18-19-8-9-24-18/h5-10,15H,4H2,1-3H3,(H,20,22). The summed E-state index contributed by atoms with van der Waals surface area (Å²) < 4.78 is 5.21. The van der Waals surface area contributed by atoms with Crippen LogP contribution in [0.2, 0.25) is 0 Å². The molecule has 0 aliphatic heterocycles. The van der Waals surface area contributed by atoms with Crippen molar-refractivity contribution in [3.63, 3.8) is 0 Å². The number of aromatic nitrogens is 2. The molecule has 0 bridgehead atoms. The number of carbonyl (C=O) groups excluding carboxylic acids is 1. The quantitative estimate of drug-likeness (QED) is 0.739. The van der Waals surface area contributed by atoms with Crippen LogP contribution in [0.3, 0.4) is 0 Å². The van der Waals surface area contributed by atoms with E-state index in [0.29, 0.717) is 12.2 Å². The number of thiazole rings is 1. The van der Waals surface area contributed by atoms with Gasteiger partial charge >= 0.3 is 0 Å². The maximum atomic E-state index is 12.8. The Morgan fingerprint density at radius 1 is 1.38 bits per heavy atom. The van der Waals surface area contributed by atoms with E-state index in [9.17, 15) is 4.79 Å². The van der Waals surface area contributed by atoms with Gasteiger partial charge in [0, 0.05) is 28.4 Å². The Hall–Kier alpha value is -2.47. The largest absolute Gasteiger partial charge is 0.361 e. The lowest BCUT2D eigenvalue weighted by Crippen LogP contribution is -2.21. The topological polar surface area (TPSA) is 68.0 Å². The molecule has 2 heterocycles. The second-order valence-corrected chi connectivity index (χ2v) is 6.50. The lowest BCUT2D eigenvalue weighted by Gasteiger charge is -2.15. The van der Waals surface area contributed by atoms with Crippen molar-refractivity contribution in [1.82, 2.24) is 10.1 Å². The third-order valence-electron chi connectivity index (χ3n) is 3.97. The molecule has 0 saturated heterocycles. The molecule has 124 valence electrons. The van der Waals surface area contributed by atoms with E-state index in [2.05, 4.69) is 15.5 Å². The maximum absolute atomic E-state index is 12.8. The molecule has 5 nitrogen and oxygen atoms in total. The Morgan fingerprint density at radius 3 is 2.83 bits per heavy atom. The second kappa shape index (κ2) is 6.97. The summed E-state index contributed by atoms with van der Waals surface area (Å²) in [5.74, 6) is 0.369. The lowest BCUT2D eigenvalue weighted by atomic mass is 9.94. The van der Waals surface area contributed by atoms with Gasteiger partial charge in [-0.1, -0.05) is 24.2 Å². The molecule has 2 aromatic heterocycles. The first-order chi connectivity index (χ1) is 11.6. The van der Waals surface area contributed by atoms with E-state index >= 15 is 0 Å². The fourth-order valence-corrected chi connectivity index (χ4v) is 3.47. The molecule has 24 heavy (non-hydrogen) atoms. The average molecular weight is 341 g/mol. The molecule has 0 aliphatic carbocycles. The highest BCUT2D eigenvalue weighted by Gasteiger charge is 2.25. The monoisotopic (exact) mass is 341 g/mol. The van der Waals surface area contributed by atoms with E-state index in [-0.39, 0.29) is 11.8 Å². The van der Waals surface area contributed by atoms with Gasteiger partial charge in [-0.3, -0.25) is 4.79 Å². The van der Waals surface area contributed by atoms with Gasteiger partial charge in [-0.15, -0.1) is 11.3 Å². The summed E-state index contributed by atoms with van der Waals surface area (Å²) in [5.41, 5.74) is 3.41. The number of carbonyl (C=O) groups is 1. The van der Waals surface area contributed by atoms with E-state index in [0.717, 1.165) is 27.5 Å². The minimum atomic E-state index is -0.278. The first-order valence-electron chi connectivity index (χ1n) is 7.83. The number of hydrogen-bond donors (Lipinski definition) is 1. The van der Waals surface area contributed by atoms with Crippen LogP contribution in [0, 0.1) is 13.8 Å². The summed E-state index contributed by atoms with van der Waals surface area (Å²) in [6.45, 7) is 5.70. The number of aryl methyl sites for hydroxylation is 2. The van der Waals surface area contributed by atoms with Gasteiger partial charge in [0.2, 0.25) is 5.91 Å².